The first-order chi connectivity index (χ1) is 8.15. The number of hydrogen-bond donors (Lipinski definition) is 1. The summed E-state index contributed by atoms with van der Waals surface area (Å²) in [5.74, 6) is 1.01. The lowest BCUT2D eigenvalue weighted by molar-refractivity contribution is 0.0758. The van der Waals surface area contributed by atoms with Crippen LogP contribution in [0.15, 0.2) is 6.07 Å². The van der Waals surface area contributed by atoms with E-state index < -0.39 is 0 Å². The lowest BCUT2D eigenvalue weighted by Gasteiger charge is -2.28. The summed E-state index contributed by atoms with van der Waals surface area (Å²) < 4.78 is 11.1. The Morgan fingerprint density at radius 2 is 2.06 bits per heavy atom. The van der Waals surface area contributed by atoms with E-state index in [4.69, 9.17) is 9.47 Å². The molecule has 0 amide bonds. The van der Waals surface area contributed by atoms with Gasteiger partial charge in [0.15, 0.2) is 0 Å². The minimum atomic E-state index is 0.248. The Kier molecular flexibility index (Phi) is 3.69. The van der Waals surface area contributed by atoms with E-state index in [2.05, 4.69) is 32.2 Å². The number of nitrogens with one attached hydrogen (secondary N) is 1. The summed E-state index contributed by atoms with van der Waals surface area (Å²) in [5, 5.41) is 3.49. The average molecular weight is 235 g/mol. The van der Waals surface area contributed by atoms with Crippen LogP contribution in [-0.2, 0) is 4.74 Å². The van der Waals surface area contributed by atoms with E-state index in [-0.39, 0.29) is 6.04 Å². The fourth-order valence-electron chi connectivity index (χ4n) is 2.52. The molecule has 2 rings (SSSR count). The molecule has 1 saturated heterocycles. The van der Waals surface area contributed by atoms with Crippen molar-refractivity contribution in [1.29, 1.82) is 0 Å². The second-order valence-electron chi connectivity index (χ2n) is 4.66. The Hall–Kier alpha value is -1.06. The molecule has 1 aliphatic heterocycles. The Morgan fingerprint density at radius 1 is 1.29 bits per heavy atom. The zero-order chi connectivity index (χ0) is 12.4. The van der Waals surface area contributed by atoms with Gasteiger partial charge in [-0.05, 0) is 37.5 Å². The molecule has 3 nitrogen and oxygen atoms in total. The van der Waals surface area contributed by atoms with Crippen LogP contribution in [-0.4, -0.2) is 26.9 Å². The first-order valence-electron chi connectivity index (χ1n) is 6.11. The Morgan fingerprint density at radius 3 is 2.65 bits per heavy atom. The molecule has 1 aromatic rings. The lowest BCUT2D eigenvalue weighted by Crippen LogP contribution is -2.35. The normalized spacial score (nSPS) is 20.4. The minimum Gasteiger partial charge on any atom is -0.496 e. The summed E-state index contributed by atoms with van der Waals surface area (Å²) in [5.41, 5.74) is 5.02. The summed E-state index contributed by atoms with van der Waals surface area (Å²) in [4.78, 5) is 0. The molecule has 1 fully saturated rings. The van der Waals surface area contributed by atoms with Crippen LogP contribution in [0.2, 0.25) is 0 Å². The second kappa shape index (κ2) is 5.07. The molecular formula is C14H21NO2. The number of benzene rings is 1. The number of aryl methyl sites for hydroxylation is 2. The molecular weight excluding hydrogens is 214 g/mol. The molecule has 1 N–H and O–H groups in total. The molecule has 1 unspecified atom stereocenters. The summed E-state index contributed by atoms with van der Waals surface area (Å²) in [6, 6.07) is 2.47. The van der Waals surface area contributed by atoms with Crippen molar-refractivity contribution in [2.45, 2.75) is 26.8 Å². The van der Waals surface area contributed by atoms with Crippen molar-refractivity contribution < 1.29 is 9.47 Å². The molecule has 1 heterocycles. The highest BCUT2D eigenvalue weighted by Gasteiger charge is 2.23. The van der Waals surface area contributed by atoms with Crippen LogP contribution < -0.4 is 10.1 Å². The highest BCUT2D eigenvalue weighted by molar-refractivity contribution is 5.51. The average Bonchev–Trinajstić information content (AvgIpc) is 2.34. The smallest absolute Gasteiger partial charge is 0.127 e. The van der Waals surface area contributed by atoms with Crippen molar-refractivity contribution in [1.82, 2.24) is 5.32 Å². The van der Waals surface area contributed by atoms with Gasteiger partial charge in [-0.2, -0.15) is 0 Å². The third-order valence-corrected chi connectivity index (χ3v) is 3.51. The van der Waals surface area contributed by atoms with Gasteiger partial charge in [-0.3, -0.25) is 0 Å². The zero-order valence-corrected chi connectivity index (χ0v) is 11.1. The summed E-state index contributed by atoms with van der Waals surface area (Å²) in [6.07, 6.45) is 0. The van der Waals surface area contributed by atoms with E-state index >= 15 is 0 Å². The maximum absolute atomic E-state index is 5.60. The predicted molar refractivity (Wildman–Crippen MR) is 68.8 cm³/mol. The molecule has 0 spiro atoms. The maximum Gasteiger partial charge on any atom is 0.127 e. The number of rotatable bonds is 2. The van der Waals surface area contributed by atoms with Gasteiger partial charge in [-0.1, -0.05) is 6.07 Å². The van der Waals surface area contributed by atoms with Gasteiger partial charge >= 0.3 is 0 Å². The molecule has 0 bridgehead atoms. The fraction of sp³-hybridized carbons (Fsp3) is 0.571. The first kappa shape index (κ1) is 12.4. The van der Waals surface area contributed by atoms with Gasteiger partial charge in [0.1, 0.15) is 5.75 Å². The fourth-order valence-corrected chi connectivity index (χ4v) is 2.52. The van der Waals surface area contributed by atoms with E-state index in [1.807, 2.05) is 0 Å². The molecule has 0 aromatic heterocycles. The van der Waals surface area contributed by atoms with E-state index in [0.717, 1.165) is 25.5 Å². The van der Waals surface area contributed by atoms with Crippen LogP contribution in [0.25, 0.3) is 0 Å². The monoisotopic (exact) mass is 235 g/mol. The number of morpholine rings is 1. The SMILES string of the molecule is COc1c(C)c(C)cc(C)c1C1COCCN1. The zero-order valence-electron chi connectivity index (χ0n) is 11.1. The van der Waals surface area contributed by atoms with Crippen molar-refractivity contribution >= 4 is 0 Å². The highest BCUT2D eigenvalue weighted by atomic mass is 16.5. The van der Waals surface area contributed by atoms with Gasteiger partial charge in [0, 0.05) is 12.1 Å². The molecule has 0 radical (unpaired) electrons. The summed E-state index contributed by atoms with van der Waals surface area (Å²) in [7, 11) is 1.74. The van der Waals surface area contributed by atoms with Crippen molar-refractivity contribution in [3.8, 4) is 5.75 Å². The van der Waals surface area contributed by atoms with Crippen LogP contribution in [0.3, 0.4) is 0 Å². The van der Waals surface area contributed by atoms with E-state index in [0.29, 0.717) is 0 Å². The third kappa shape index (κ3) is 2.31. The first-order valence-corrected chi connectivity index (χ1v) is 6.11. The quantitative estimate of drug-likeness (QED) is 0.853. The maximum atomic E-state index is 5.60. The predicted octanol–water partition coefficient (Wildman–Crippen LogP) is 2.28. The largest absolute Gasteiger partial charge is 0.496 e. The summed E-state index contributed by atoms with van der Waals surface area (Å²) >= 11 is 0. The lowest BCUT2D eigenvalue weighted by atomic mass is 9.94. The topological polar surface area (TPSA) is 30.5 Å². The molecule has 17 heavy (non-hydrogen) atoms. The van der Waals surface area contributed by atoms with Crippen molar-refractivity contribution in [2.24, 2.45) is 0 Å². The van der Waals surface area contributed by atoms with Gasteiger partial charge in [0.2, 0.25) is 0 Å². The number of ether oxygens (including phenoxy) is 2. The van der Waals surface area contributed by atoms with E-state index in [1.165, 1.54) is 22.3 Å². The van der Waals surface area contributed by atoms with Crippen LogP contribution in [0.1, 0.15) is 28.3 Å². The van der Waals surface area contributed by atoms with Gasteiger partial charge < -0.3 is 14.8 Å². The van der Waals surface area contributed by atoms with Gasteiger partial charge in [-0.25, -0.2) is 0 Å². The van der Waals surface area contributed by atoms with Gasteiger partial charge in [-0.15, -0.1) is 0 Å². The Balaban J connectivity index is 2.47. The number of hydrogen-bond acceptors (Lipinski definition) is 3. The van der Waals surface area contributed by atoms with Crippen LogP contribution in [0, 0.1) is 20.8 Å². The highest BCUT2D eigenvalue weighted by Crippen LogP contribution is 2.34. The standard InChI is InChI=1S/C14H21NO2/c1-9-7-10(2)13(14(16-4)11(9)3)12-8-17-6-5-15-12/h7,12,15H,5-6,8H2,1-4H3. The van der Waals surface area contributed by atoms with Crippen LogP contribution in [0.5, 0.6) is 5.75 Å². The molecule has 1 aliphatic rings. The Labute approximate surface area is 103 Å². The molecule has 94 valence electrons. The third-order valence-electron chi connectivity index (χ3n) is 3.51. The van der Waals surface area contributed by atoms with E-state index in [1.54, 1.807) is 7.11 Å². The molecule has 0 saturated carbocycles. The van der Waals surface area contributed by atoms with Gasteiger partial charge in [0.05, 0.1) is 26.4 Å². The molecule has 0 aliphatic carbocycles. The minimum absolute atomic E-state index is 0.248. The molecule has 3 heteroatoms. The van der Waals surface area contributed by atoms with Crippen LogP contribution >= 0.6 is 0 Å². The van der Waals surface area contributed by atoms with Crippen molar-refractivity contribution in [3.63, 3.8) is 0 Å². The second-order valence-corrected chi connectivity index (χ2v) is 4.66. The number of methoxy groups -OCH3 is 1. The van der Waals surface area contributed by atoms with E-state index in [9.17, 15) is 0 Å². The Bertz CT molecular complexity index is 409. The van der Waals surface area contributed by atoms with Gasteiger partial charge in [0.25, 0.3) is 0 Å². The molecule has 1 atom stereocenters. The van der Waals surface area contributed by atoms with Crippen molar-refractivity contribution in [3.05, 3.63) is 28.3 Å². The summed E-state index contributed by atoms with van der Waals surface area (Å²) in [6.45, 7) is 8.80. The van der Waals surface area contributed by atoms with Crippen LogP contribution in [0.4, 0.5) is 0 Å². The molecule has 1 aromatic carbocycles. The van der Waals surface area contributed by atoms with Crippen molar-refractivity contribution in [2.75, 3.05) is 26.9 Å².